The molecule has 1 aliphatic heterocycles. The molecule has 300 valence electrons. The Morgan fingerprint density at radius 1 is 0.577 bits per heavy atom. The van der Waals surface area contributed by atoms with Crippen LogP contribution in [0.25, 0.3) is 0 Å². The van der Waals surface area contributed by atoms with Crippen molar-refractivity contribution in [3.05, 3.63) is 36.5 Å². The summed E-state index contributed by atoms with van der Waals surface area (Å²) in [5.41, 5.74) is 1.00. The SMILES string of the molecule is C=C(C)C(=O)OCCO.C=C(C)C(=O)OCCOC(=O)CCCCCO.C=C(C)C(=O)OCCOC(=O)CCCCCOC.O=C1CCCCCO1. The summed E-state index contributed by atoms with van der Waals surface area (Å²) < 4.78 is 33.4. The number of rotatable bonds is 22. The van der Waals surface area contributed by atoms with Crippen LogP contribution in [0.5, 0.6) is 0 Å². The number of aliphatic hydroxyl groups excluding tert-OH is 2. The fourth-order valence-electron chi connectivity index (χ4n) is 3.29. The number of carbonyl (C=O) groups is 6. The zero-order chi connectivity index (χ0) is 40.0. The lowest BCUT2D eigenvalue weighted by molar-refractivity contribution is -0.150. The van der Waals surface area contributed by atoms with Gasteiger partial charge in [-0.1, -0.05) is 32.6 Å². The summed E-state index contributed by atoms with van der Waals surface area (Å²) >= 11 is 0. The Morgan fingerprint density at radius 2 is 1.02 bits per heavy atom. The molecule has 0 radical (unpaired) electrons. The maximum Gasteiger partial charge on any atom is 0.333 e. The minimum atomic E-state index is -0.482. The Morgan fingerprint density at radius 3 is 1.44 bits per heavy atom. The van der Waals surface area contributed by atoms with Gasteiger partial charge in [0.05, 0.1) is 13.2 Å². The minimum Gasteiger partial charge on any atom is -0.466 e. The van der Waals surface area contributed by atoms with Crippen molar-refractivity contribution in [1.29, 1.82) is 0 Å². The van der Waals surface area contributed by atoms with Gasteiger partial charge in [0.15, 0.2) is 0 Å². The number of carbonyl (C=O) groups excluding carboxylic acids is 6. The highest BCUT2D eigenvalue weighted by molar-refractivity contribution is 5.87. The third-order valence-corrected chi connectivity index (χ3v) is 6.09. The van der Waals surface area contributed by atoms with Crippen molar-refractivity contribution in [2.75, 3.05) is 66.6 Å². The molecule has 1 fully saturated rings. The highest BCUT2D eigenvalue weighted by atomic mass is 16.6. The lowest BCUT2D eigenvalue weighted by Crippen LogP contribution is -2.14. The van der Waals surface area contributed by atoms with Gasteiger partial charge >= 0.3 is 35.8 Å². The number of ether oxygens (including phenoxy) is 7. The van der Waals surface area contributed by atoms with E-state index in [1.807, 2.05) is 0 Å². The van der Waals surface area contributed by atoms with Crippen molar-refractivity contribution >= 4 is 35.8 Å². The lowest BCUT2D eigenvalue weighted by atomic mass is 10.2. The van der Waals surface area contributed by atoms with Crippen molar-refractivity contribution in [3.63, 3.8) is 0 Å². The van der Waals surface area contributed by atoms with Crippen LogP contribution in [-0.4, -0.2) is 113 Å². The van der Waals surface area contributed by atoms with Crippen molar-refractivity contribution < 1.29 is 72.1 Å². The molecular formula is C37H62O15. The van der Waals surface area contributed by atoms with E-state index in [1.165, 1.54) is 0 Å². The first kappa shape index (κ1) is 52.3. The molecule has 15 nitrogen and oxygen atoms in total. The molecule has 0 aromatic carbocycles. The summed E-state index contributed by atoms with van der Waals surface area (Å²) in [6.45, 7) is 16.6. The van der Waals surface area contributed by atoms with Crippen LogP contribution >= 0.6 is 0 Å². The fraction of sp³-hybridized carbons (Fsp3) is 0.676. The topological polar surface area (TPSA) is 207 Å². The number of hydrogen-bond acceptors (Lipinski definition) is 15. The largest absolute Gasteiger partial charge is 0.466 e. The number of esters is 6. The van der Waals surface area contributed by atoms with Gasteiger partial charge in [0.25, 0.3) is 0 Å². The molecule has 2 N–H and O–H groups in total. The van der Waals surface area contributed by atoms with Gasteiger partial charge in [-0.3, -0.25) is 14.4 Å². The van der Waals surface area contributed by atoms with Gasteiger partial charge < -0.3 is 43.4 Å². The van der Waals surface area contributed by atoms with E-state index < -0.39 is 17.9 Å². The van der Waals surface area contributed by atoms with Crippen molar-refractivity contribution in [2.24, 2.45) is 0 Å². The molecule has 0 spiro atoms. The van der Waals surface area contributed by atoms with Crippen LogP contribution in [0.2, 0.25) is 0 Å². The average molecular weight is 747 g/mol. The van der Waals surface area contributed by atoms with Crippen LogP contribution in [0.3, 0.4) is 0 Å². The molecule has 15 heteroatoms. The Balaban J connectivity index is -0.000000649. The van der Waals surface area contributed by atoms with Gasteiger partial charge in [-0.25, -0.2) is 14.4 Å². The second-order valence-corrected chi connectivity index (χ2v) is 11.3. The van der Waals surface area contributed by atoms with Crippen LogP contribution in [0.4, 0.5) is 0 Å². The van der Waals surface area contributed by atoms with Crippen molar-refractivity contribution in [1.82, 2.24) is 0 Å². The summed E-state index contributed by atoms with van der Waals surface area (Å²) in [7, 11) is 1.65. The second-order valence-electron chi connectivity index (χ2n) is 11.3. The van der Waals surface area contributed by atoms with E-state index in [2.05, 4.69) is 24.5 Å². The first-order valence-corrected chi connectivity index (χ1v) is 17.4. The third kappa shape index (κ3) is 40.4. The van der Waals surface area contributed by atoms with E-state index >= 15 is 0 Å². The molecule has 1 heterocycles. The van der Waals surface area contributed by atoms with Crippen LogP contribution in [0, 0.1) is 0 Å². The Bertz CT molecular complexity index is 1040. The summed E-state index contributed by atoms with van der Waals surface area (Å²) in [5.74, 6) is -2.01. The molecule has 52 heavy (non-hydrogen) atoms. The zero-order valence-corrected chi connectivity index (χ0v) is 31.7. The molecule has 0 bridgehead atoms. The van der Waals surface area contributed by atoms with E-state index in [4.69, 9.17) is 38.6 Å². The van der Waals surface area contributed by atoms with Gasteiger partial charge in [0, 0.05) is 56.3 Å². The highest BCUT2D eigenvalue weighted by Crippen LogP contribution is 2.06. The number of cyclic esters (lactones) is 1. The maximum absolute atomic E-state index is 11.2. The monoisotopic (exact) mass is 746 g/mol. The van der Waals surface area contributed by atoms with Gasteiger partial charge in [-0.2, -0.15) is 0 Å². The van der Waals surface area contributed by atoms with E-state index in [9.17, 15) is 28.8 Å². The molecule has 0 amide bonds. The van der Waals surface area contributed by atoms with Crippen LogP contribution < -0.4 is 0 Å². The normalized spacial score (nSPS) is 11.5. The van der Waals surface area contributed by atoms with Crippen molar-refractivity contribution in [3.8, 4) is 0 Å². The molecule has 1 saturated heterocycles. The van der Waals surface area contributed by atoms with Crippen molar-refractivity contribution in [2.45, 2.75) is 97.8 Å². The van der Waals surface area contributed by atoms with Crippen LogP contribution in [0.15, 0.2) is 36.5 Å². The number of aliphatic hydroxyl groups is 2. The van der Waals surface area contributed by atoms with Crippen LogP contribution in [-0.2, 0) is 61.9 Å². The number of methoxy groups -OCH3 is 1. The quantitative estimate of drug-likeness (QED) is 0.0687. The highest BCUT2D eigenvalue weighted by Gasteiger charge is 2.07. The third-order valence-electron chi connectivity index (χ3n) is 6.09. The van der Waals surface area contributed by atoms with Gasteiger partial charge in [0.1, 0.15) is 33.0 Å². The van der Waals surface area contributed by atoms with Gasteiger partial charge in [0.2, 0.25) is 0 Å². The molecule has 0 unspecified atom stereocenters. The second kappa shape index (κ2) is 38.2. The van der Waals surface area contributed by atoms with Crippen LogP contribution in [0.1, 0.15) is 97.8 Å². The standard InChI is InChI=1S/C13H22O5.C12H20O5.C6H10O3.C6H10O2/c1-11(2)13(15)18-10-9-17-12(14)7-5-4-6-8-16-3;1-10(2)12(15)17-9-8-16-11(14)6-4-3-5-7-13;1-5(2)6(8)9-4-3-7;7-6-4-2-1-3-5-8-6/h1,4-10H2,2-3H3;13H,1,3-9H2,2H3;7H,1,3-4H2,2H3;1-5H2. The zero-order valence-electron chi connectivity index (χ0n) is 31.7. The van der Waals surface area contributed by atoms with E-state index in [0.717, 1.165) is 44.9 Å². The molecule has 1 rings (SSSR count). The molecule has 0 atom stereocenters. The number of hydrogen-bond donors (Lipinski definition) is 2. The lowest BCUT2D eigenvalue weighted by Gasteiger charge is -2.06. The van der Waals surface area contributed by atoms with E-state index in [-0.39, 0.29) is 64.2 Å². The summed E-state index contributed by atoms with van der Waals surface area (Å²) in [6, 6.07) is 0. The maximum atomic E-state index is 11.2. The summed E-state index contributed by atoms with van der Waals surface area (Å²) in [5, 5.41) is 16.7. The predicted molar refractivity (Wildman–Crippen MR) is 192 cm³/mol. The van der Waals surface area contributed by atoms with Gasteiger partial charge in [-0.15, -0.1) is 0 Å². The molecule has 1 aliphatic rings. The number of unbranched alkanes of at least 4 members (excludes halogenated alkanes) is 4. The molecule has 0 saturated carbocycles. The van der Waals surface area contributed by atoms with E-state index in [0.29, 0.717) is 62.0 Å². The molecular weight excluding hydrogens is 684 g/mol. The molecule has 0 aromatic heterocycles. The fourth-order valence-corrected chi connectivity index (χ4v) is 3.29. The first-order chi connectivity index (χ1) is 24.7. The smallest absolute Gasteiger partial charge is 0.333 e. The minimum absolute atomic E-state index is 0.0255. The Labute approximate surface area is 308 Å². The average Bonchev–Trinajstić information content (AvgIpc) is 3.36. The molecule has 0 aliphatic carbocycles. The summed E-state index contributed by atoms with van der Waals surface area (Å²) in [6.07, 6.45) is 9.41. The predicted octanol–water partition coefficient (Wildman–Crippen LogP) is 4.26. The first-order valence-electron chi connectivity index (χ1n) is 17.4. The summed E-state index contributed by atoms with van der Waals surface area (Å²) in [4.78, 5) is 65.2. The molecule has 0 aromatic rings. The van der Waals surface area contributed by atoms with Gasteiger partial charge in [-0.05, 0) is 65.7 Å². The Kier molecular flexibility index (Phi) is 38.4. The Hall–Kier alpha value is -4.08. The van der Waals surface area contributed by atoms with E-state index in [1.54, 1.807) is 27.9 Å².